The molecule has 1 aromatic rings. The number of aromatic nitrogens is 1. The molecule has 0 saturated carbocycles. The van der Waals surface area contributed by atoms with Crippen molar-refractivity contribution in [2.45, 2.75) is 25.4 Å². The molecule has 0 radical (unpaired) electrons. The molecule has 0 spiro atoms. The molecule has 0 aliphatic carbocycles. The summed E-state index contributed by atoms with van der Waals surface area (Å²) in [6.45, 7) is 3.05. The van der Waals surface area contributed by atoms with Crippen LogP contribution in [0.25, 0.3) is 0 Å². The minimum absolute atomic E-state index is 0.0332. The average molecular weight is 238 g/mol. The molecule has 17 heavy (non-hydrogen) atoms. The molecule has 1 fully saturated rings. The van der Waals surface area contributed by atoms with Gasteiger partial charge >= 0.3 is 0 Å². The monoisotopic (exact) mass is 238 g/mol. The maximum absolute atomic E-state index is 13.2. The van der Waals surface area contributed by atoms with Crippen LogP contribution in [0.5, 0.6) is 0 Å². The number of nitrogens with zero attached hydrogens (tertiary/aromatic N) is 1. The number of rotatable bonds is 3. The summed E-state index contributed by atoms with van der Waals surface area (Å²) in [5.41, 5.74) is -0.358. The molecule has 1 unspecified atom stereocenters. The Bertz CT molecular complexity index is 417. The minimum atomic E-state index is -0.748. The lowest BCUT2D eigenvalue weighted by molar-refractivity contribution is 0.0205. The first-order valence-corrected chi connectivity index (χ1v) is 5.63. The standard InChI is InChI=1S/C12H15FN2O2/c1-12(5-3-7-17-12)8-15-11(16)9-4-2-6-14-10(9)13/h2,4,6H,3,5,7-8H2,1H3,(H,15,16). The SMILES string of the molecule is CC1(CNC(=O)c2cccnc2F)CCCO1. The first kappa shape index (κ1) is 12.0. The smallest absolute Gasteiger partial charge is 0.256 e. The van der Waals surface area contributed by atoms with Crippen LogP contribution in [-0.2, 0) is 4.74 Å². The second-order valence-corrected chi connectivity index (χ2v) is 4.43. The van der Waals surface area contributed by atoms with E-state index in [1.54, 1.807) is 0 Å². The van der Waals surface area contributed by atoms with Crippen molar-refractivity contribution in [3.63, 3.8) is 0 Å². The molecular formula is C12H15FN2O2. The largest absolute Gasteiger partial charge is 0.373 e. The van der Waals surface area contributed by atoms with E-state index in [1.165, 1.54) is 18.3 Å². The second-order valence-electron chi connectivity index (χ2n) is 4.43. The predicted octanol–water partition coefficient (Wildman–Crippen LogP) is 1.52. The Morgan fingerprint density at radius 3 is 3.18 bits per heavy atom. The van der Waals surface area contributed by atoms with Crippen LogP contribution in [0.3, 0.4) is 0 Å². The summed E-state index contributed by atoms with van der Waals surface area (Å²) in [7, 11) is 0. The topological polar surface area (TPSA) is 51.2 Å². The highest BCUT2D eigenvalue weighted by atomic mass is 19.1. The molecule has 92 valence electrons. The predicted molar refractivity (Wildman–Crippen MR) is 60.1 cm³/mol. The summed E-state index contributed by atoms with van der Waals surface area (Å²) in [5.74, 6) is -1.20. The second kappa shape index (κ2) is 4.79. The summed E-state index contributed by atoms with van der Waals surface area (Å²) in [6, 6.07) is 2.95. The van der Waals surface area contributed by atoms with E-state index in [0.29, 0.717) is 13.2 Å². The molecule has 5 heteroatoms. The van der Waals surface area contributed by atoms with Crippen LogP contribution in [0.15, 0.2) is 18.3 Å². The Hall–Kier alpha value is -1.49. The van der Waals surface area contributed by atoms with Crippen LogP contribution in [0.4, 0.5) is 4.39 Å². The first-order chi connectivity index (χ1) is 8.11. The van der Waals surface area contributed by atoms with Gasteiger partial charge in [0.2, 0.25) is 5.95 Å². The van der Waals surface area contributed by atoms with Crippen molar-refractivity contribution in [1.82, 2.24) is 10.3 Å². The third-order valence-corrected chi connectivity index (χ3v) is 2.93. The molecule has 1 aliphatic rings. The minimum Gasteiger partial charge on any atom is -0.373 e. The third kappa shape index (κ3) is 2.79. The van der Waals surface area contributed by atoms with Crippen molar-refractivity contribution in [3.8, 4) is 0 Å². The summed E-state index contributed by atoms with van der Waals surface area (Å²) < 4.78 is 18.8. The van der Waals surface area contributed by atoms with Crippen LogP contribution in [-0.4, -0.2) is 29.6 Å². The number of carbonyl (C=O) groups is 1. The average Bonchev–Trinajstić information content (AvgIpc) is 2.74. The van der Waals surface area contributed by atoms with E-state index in [1.807, 2.05) is 6.92 Å². The molecule has 1 N–H and O–H groups in total. The zero-order chi connectivity index (χ0) is 12.3. The zero-order valence-corrected chi connectivity index (χ0v) is 9.70. The van der Waals surface area contributed by atoms with Crippen molar-refractivity contribution >= 4 is 5.91 Å². The Balaban J connectivity index is 1.96. The molecule has 1 saturated heterocycles. The van der Waals surface area contributed by atoms with Gasteiger partial charge in [0.25, 0.3) is 5.91 Å². The van der Waals surface area contributed by atoms with Gasteiger partial charge in [0.15, 0.2) is 0 Å². The summed E-state index contributed by atoms with van der Waals surface area (Å²) >= 11 is 0. The van der Waals surface area contributed by atoms with Gasteiger partial charge in [-0.15, -0.1) is 0 Å². The number of ether oxygens (including phenoxy) is 1. The van der Waals surface area contributed by atoms with Crippen LogP contribution in [0.2, 0.25) is 0 Å². The van der Waals surface area contributed by atoms with Crippen molar-refractivity contribution < 1.29 is 13.9 Å². The highest BCUT2D eigenvalue weighted by Crippen LogP contribution is 2.23. The fourth-order valence-electron chi connectivity index (χ4n) is 1.89. The highest BCUT2D eigenvalue weighted by molar-refractivity contribution is 5.94. The van der Waals surface area contributed by atoms with Crippen LogP contribution < -0.4 is 5.32 Å². The van der Waals surface area contributed by atoms with Gasteiger partial charge in [-0.2, -0.15) is 4.39 Å². The molecule has 1 amide bonds. The number of halogens is 1. The van der Waals surface area contributed by atoms with Crippen LogP contribution in [0.1, 0.15) is 30.1 Å². The van der Waals surface area contributed by atoms with E-state index in [-0.39, 0.29) is 11.2 Å². The third-order valence-electron chi connectivity index (χ3n) is 2.93. The maximum atomic E-state index is 13.2. The van der Waals surface area contributed by atoms with Gasteiger partial charge in [-0.3, -0.25) is 4.79 Å². The van der Waals surface area contributed by atoms with E-state index < -0.39 is 11.9 Å². The molecule has 2 rings (SSSR count). The fourth-order valence-corrected chi connectivity index (χ4v) is 1.89. The number of amides is 1. The van der Waals surface area contributed by atoms with Gasteiger partial charge in [-0.05, 0) is 31.9 Å². The van der Waals surface area contributed by atoms with E-state index in [2.05, 4.69) is 10.3 Å². The Labute approximate surface area is 99.2 Å². The molecule has 1 aliphatic heterocycles. The van der Waals surface area contributed by atoms with Gasteiger partial charge in [0.1, 0.15) is 0 Å². The Morgan fingerprint density at radius 2 is 2.53 bits per heavy atom. The van der Waals surface area contributed by atoms with E-state index in [4.69, 9.17) is 4.74 Å². The van der Waals surface area contributed by atoms with E-state index in [0.717, 1.165) is 12.8 Å². The van der Waals surface area contributed by atoms with Crippen LogP contribution in [0, 0.1) is 5.95 Å². The molecular weight excluding hydrogens is 223 g/mol. The normalized spacial score (nSPS) is 23.6. The molecule has 1 aromatic heterocycles. The maximum Gasteiger partial charge on any atom is 0.256 e. The lowest BCUT2D eigenvalue weighted by Gasteiger charge is -2.23. The number of pyridine rings is 1. The fraction of sp³-hybridized carbons (Fsp3) is 0.500. The lowest BCUT2D eigenvalue weighted by Crippen LogP contribution is -2.40. The summed E-state index contributed by atoms with van der Waals surface area (Å²) in [6.07, 6.45) is 3.21. The summed E-state index contributed by atoms with van der Waals surface area (Å²) in [4.78, 5) is 15.2. The van der Waals surface area contributed by atoms with Crippen molar-refractivity contribution in [1.29, 1.82) is 0 Å². The molecule has 2 heterocycles. The van der Waals surface area contributed by atoms with Gasteiger partial charge in [0, 0.05) is 19.3 Å². The number of hydrogen-bond acceptors (Lipinski definition) is 3. The Morgan fingerprint density at radius 1 is 1.71 bits per heavy atom. The lowest BCUT2D eigenvalue weighted by atomic mass is 10.0. The quantitative estimate of drug-likeness (QED) is 0.812. The molecule has 0 bridgehead atoms. The van der Waals surface area contributed by atoms with Crippen molar-refractivity contribution in [3.05, 3.63) is 29.8 Å². The van der Waals surface area contributed by atoms with E-state index in [9.17, 15) is 9.18 Å². The zero-order valence-electron chi connectivity index (χ0n) is 9.70. The van der Waals surface area contributed by atoms with Crippen molar-refractivity contribution in [2.24, 2.45) is 0 Å². The molecule has 1 atom stereocenters. The molecule has 0 aromatic carbocycles. The number of hydrogen-bond donors (Lipinski definition) is 1. The van der Waals surface area contributed by atoms with Gasteiger partial charge in [-0.1, -0.05) is 0 Å². The van der Waals surface area contributed by atoms with E-state index >= 15 is 0 Å². The van der Waals surface area contributed by atoms with Gasteiger partial charge in [0.05, 0.1) is 11.2 Å². The number of nitrogens with one attached hydrogen (secondary N) is 1. The summed E-state index contributed by atoms with van der Waals surface area (Å²) in [5, 5.41) is 2.68. The van der Waals surface area contributed by atoms with Crippen LogP contribution >= 0.6 is 0 Å². The van der Waals surface area contributed by atoms with Gasteiger partial charge < -0.3 is 10.1 Å². The van der Waals surface area contributed by atoms with Crippen molar-refractivity contribution in [2.75, 3.05) is 13.2 Å². The molecule has 4 nitrogen and oxygen atoms in total. The van der Waals surface area contributed by atoms with Gasteiger partial charge in [-0.25, -0.2) is 4.98 Å². The first-order valence-electron chi connectivity index (χ1n) is 5.63. The Kier molecular flexibility index (Phi) is 3.38. The highest BCUT2D eigenvalue weighted by Gasteiger charge is 2.30. The number of carbonyl (C=O) groups excluding carboxylic acids is 1.